The summed E-state index contributed by atoms with van der Waals surface area (Å²) in [6.45, 7) is 4.72. The second-order valence-electron chi connectivity index (χ2n) is 6.57. The average Bonchev–Trinajstić information content (AvgIpc) is 2.87. The number of nitrogens with zero attached hydrogens (tertiary/aromatic N) is 2. The molecule has 2 amide bonds. The molecule has 1 atom stereocenters. The van der Waals surface area contributed by atoms with Crippen molar-refractivity contribution in [3.8, 4) is 0 Å². The van der Waals surface area contributed by atoms with E-state index in [4.69, 9.17) is 0 Å². The Labute approximate surface area is 138 Å². The molecule has 1 aromatic carbocycles. The van der Waals surface area contributed by atoms with Gasteiger partial charge >= 0.3 is 0 Å². The van der Waals surface area contributed by atoms with E-state index in [-0.39, 0.29) is 17.7 Å². The number of amides is 2. The summed E-state index contributed by atoms with van der Waals surface area (Å²) in [4.78, 5) is 28.0. The maximum atomic E-state index is 12.1. The van der Waals surface area contributed by atoms with Crippen molar-refractivity contribution in [2.75, 3.05) is 40.3 Å². The molecule has 0 aliphatic carbocycles. The number of rotatable bonds is 7. The van der Waals surface area contributed by atoms with Crippen LogP contribution in [0.25, 0.3) is 0 Å². The molecule has 2 rings (SSSR count). The fraction of sp³-hybridized carbons (Fsp3) is 0.556. The molecular formula is C18H27N3O2. The van der Waals surface area contributed by atoms with E-state index in [1.54, 1.807) is 0 Å². The predicted molar refractivity (Wildman–Crippen MR) is 91.1 cm³/mol. The van der Waals surface area contributed by atoms with E-state index >= 15 is 0 Å². The van der Waals surface area contributed by atoms with Crippen LogP contribution in [0.3, 0.4) is 0 Å². The number of hydrogen-bond acceptors (Lipinski definition) is 3. The lowest BCUT2D eigenvalue weighted by atomic mass is 10.1. The van der Waals surface area contributed by atoms with E-state index < -0.39 is 0 Å². The molecular weight excluding hydrogens is 290 g/mol. The fourth-order valence-corrected chi connectivity index (χ4v) is 2.73. The Morgan fingerprint density at radius 2 is 2.00 bits per heavy atom. The first-order valence-electron chi connectivity index (χ1n) is 8.21. The molecule has 0 bridgehead atoms. The summed E-state index contributed by atoms with van der Waals surface area (Å²) in [6, 6.07) is 8.37. The van der Waals surface area contributed by atoms with E-state index in [0.29, 0.717) is 26.1 Å². The van der Waals surface area contributed by atoms with Gasteiger partial charge in [-0.25, -0.2) is 0 Å². The lowest BCUT2D eigenvalue weighted by Crippen LogP contribution is -2.37. The summed E-state index contributed by atoms with van der Waals surface area (Å²) in [7, 11) is 3.94. The number of carbonyl (C=O) groups is 2. The first kappa shape index (κ1) is 17.5. The Hall–Kier alpha value is -1.88. The van der Waals surface area contributed by atoms with E-state index in [2.05, 4.69) is 36.5 Å². The van der Waals surface area contributed by atoms with Crippen LogP contribution in [0.15, 0.2) is 24.3 Å². The van der Waals surface area contributed by atoms with Gasteiger partial charge in [0, 0.05) is 32.6 Å². The maximum Gasteiger partial charge on any atom is 0.225 e. The molecule has 0 spiro atoms. The molecule has 23 heavy (non-hydrogen) atoms. The van der Waals surface area contributed by atoms with Crippen molar-refractivity contribution in [2.24, 2.45) is 5.92 Å². The summed E-state index contributed by atoms with van der Waals surface area (Å²) in [5.41, 5.74) is 2.46. The number of hydrogen-bond donors (Lipinski definition) is 1. The molecule has 0 aromatic heterocycles. The highest BCUT2D eigenvalue weighted by Gasteiger charge is 2.33. The minimum atomic E-state index is -0.206. The zero-order valence-corrected chi connectivity index (χ0v) is 14.3. The summed E-state index contributed by atoms with van der Waals surface area (Å²) < 4.78 is 0. The van der Waals surface area contributed by atoms with Crippen LogP contribution in [-0.4, -0.2) is 61.9 Å². The summed E-state index contributed by atoms with van der Waals surface area (Å²) >= 11 is 0. The molecule has 1 aromatic rings. The van der Waals surface area contributed by atoms with Crippen molar-refractivity contribution in [2.45, 2.75) is 19.8 Å². The minimum Gasteiger partial charge on any atom is -0.355 e. The Morgan fingerprint density at radius 1 is 1.30 bits per heavy atom. The highest BCUT2D eigenvalue weighted by atomic mass is 16.2. The molecule has 1 heterocycles. The third-order valence-corrected chi connectivity index (χ3v) is 4.23. The maximum absolute atomic E-state index is 12.1. The van der Waals surface area contributed by atoms with Crippen LogP contribution in [0.4, 0.5) is 0 Å². The van der Waals surface area contributed by atoms with Crippen molar-refractivity contribution in [3.63, 3.8) is 0 Å². The molecule has 5 heteroatoms. The number of aryl methyl sites for hydroxylation is 1. The molecule has 1 N–H and O–H groups in total. The third-order valence-electron chi connectivity index (χ3n) is 4.23. The number of carbonyl (C=O) groups excluding carboxylic acids is 2. The molecule has 126 valence electrons. The van der Waals surface area contributed by atoms with Crippen LogP contribution in [-0.2, 0) is 16.0 Å². The van der Waals surface area contributed by atoms with Gasteiger partial charge in [-0.3, -0.25) is 9.59 Å². The van der Waals surface area contributed by atoms with Crippen molar-refractivity contribution in [1.82, 2.24) is 15.1 Å². The van der Waals surface area contributed by atoms with Crippen LogP contribution in [0, 0.1) is 12.8 Å². The van der Waals surface area contributed by atoms with Crippen LogP contribution in [0.1, 0.15) is 17.5 Å². The fourth-order valence-electron chi connectivity index (χ4n) is 2.73. The Balaban J connectivity index is 1.78. The first-order chi connectivity index (χ1) is 11.0. The summed E-state index contributed by atoms with van der Waals surface area (Å²) in [6.07, 6.45) is 1.17. The molecule has 1 aliphatic heterocycles. The van der Waals surface area contributed by atoms with Crippen molar-refractivity contribution >= 4 is 11.8 Å². The standard InChI is InChI=1S/C18H27N3O2/c1-14-4-6-15(7-5-14)8-10-21-13-16(12-17(21)22)18(23)19-9-11-20(2)3/h4-7,16H,8-13H2,1-3H3,(H,19,23). The van der Waals surface area contributed by atoms with Gasteiger partial charge in [0.25, 0.3) is 0 Å². The second kappa shape index (κ2) is 8.11. The quantitative estimate of drug-likeness (QED) is 0.818. The van der Waals surface area contributed by atoms with Crippen molar-refractivity contribution in [3.05, 3.63) is 35.4 Å². The van der Waals surface area contributed by atoms with Gasteiger partial charge in [0.1, 0.15) is 0 Å². The molecule has 0 saturated carbocycles. The number of likely N-dealkylation sites (N-methyl/N-ethyl adjacent to an activating group) is 1. The molecule has 1 unspecified atom stereocenters. The SMILES string of the molecule is Cc1ccc(CCN2CC(C(=O)NCCN(C)C)CC2=O)cc1. The van der Waals surface area contributed by atoms with Crippen molar-refractivity contribution in [1.29, 1.82) is 0 Å². The number of nitrogens with one attached hydrogen (secondary N) is 1. The smallest absolute Gasteiger partial charge is 0.225 e. The highest BCUT2D eigenvalue weighted by molar-refractivity contribution is 5.89. The average molecular weight is 317 g/mol. The molecule has 1 aliphatic rings. The minimum absolute atomic E-state index is 0.00182. The summed E-state index contributed by atoms with van der Waals surface area (Å²) in [5, 5.41) is 2.92. The largest absolute Gasteiger partial charge is 0.355 e. The Bertz CT molecular complexity index is 540. The normalized spacial score (nSPS) is 17.8. The van der Waals surface area contributed by atoms with Gasteiger partial charge in [-0.2, -0.15) is 0 Å². The van der Waals surface area contributed by atoms with Gasteiger partial charge in [0.15, 0.2) is 0 Å². The Kier molecular flexibility index (Phi) is 6.16. The topological polar surface area (TPSA) is 52.7 Å². The molecule has 5 nitrogen and oxygen atoms in total. The van der Waals surface area contributed by atoms with Crippen molar-refractivity contribution < 1.29 is 9.59 Å². The first-order valence-corrected chi connectivity index (χ1v) is 8.21. The predicted octanol–water partition coefficient (Wildman–Crippen LogP) is 1.06. The number of likely N-dealkylation sites (tertiary alicyclic amines) is 1. The lowest BCUT2D eigenvalue weighted by Gasteiger charge is -2.17. The Morgan fingerprint density at radius 3 is 2.65 bits per heavy atom. The third kappa shape index (κ3) is 5.36. The van der Waals surface area contributed by atoms with E-state index in [1.807, 2.05) is 23.9 Å². The van der Waals surface area contributed by atoms with Gasteiger partial charge in [0.05, 0.1) is 5.92 Å². The van der Waals surface area contributed by atoms with Gasteiger partial charge in [-0.1, -0.05) is 29.8 Å². The van der Waals surface area contributed by atoms with Gasteiger partial charge in [-0.15, -0.1) is 0 Å². The van der Waals surface area contributed by atoms with E-state index in [0.717, 1.165) is 13.0 Å². The van der Waals surface area contributed by atoms with E-state index in [1.165, 1.54) is 11.1 Å². The van der Waals surface area contributed by atoms with Crippen LogP contribution in [0.5, 0.6) is 0 Å². The molecule has 1 saturated heterocycles. The molecule has 0 radical (unpaired) electrons. The zero-order valence-electron chi connectivity index (χ0n) is 14.3. The zero-order chi connectivity index (χ0) is 16.8. The van der Waals surface area contributed by atoms with Crippen LogP contribution in [0.2, 0.25) is 0 Å². The van der Waals surface area contributed by atoms with Crippen LogP contribution < -0.4 is 5.32 Å². The van der Waals surface area contributed by atoms with Gasteiger partial charge in [0.2, 0.25) is 11.8 Å². The molecule has 1 fully saturated rings. The lowest BCUT2D eigenvalue weighted by molar-refractivity contribution is -0.129. The number of benzene rings is 1. The second-order valence-corrected chi connectivity index (χ2v) is 6.57. The van der Waals surface area contributed by atoms with Gasteiger partial charge < -0.3 is 15.1 Å². The van der Waals surface area contributed by atoms with Crippen LogP contribution >= 0.6 is 0 Å². The highest BCUT2D eigenvalue weighted by Crippen LogP contribution is 2.18. The van der Waals surface area contributed by atoms with E-state index in [9.17, 15) is 9.59 Å². The monoisotopic (exact) mass is 317 g/mol. The summed E-state index contributed by atoms with van der Waals surface area (Å²) in [5.74, 6) is -0.120. The van der Waals surface area contributed by atoms with Gasteiger partial charge in [-0.05, 0) is 33.0 Å².